The molecule has 2 nitrogen and oxygen atoms in total. The van der Waals surface area contributed by atoms with Gasteiger partial charge >= 0.3 is 0 Å². The summed E-state index contributed by atoms with van der Waals surface area (Å²) < 4.78 is 0. The Labute approximate surface area is 118 Å². The molecule has 98 valence electrons. The molecule has 1 aliphatic rings. The summed E-state index contributed by atoms with van der Waals surface area (Å²) in [7, 11) is 2.08. The van der Waals surface area contributed by atoms with Gasteiger partial charge in [-0.3, -0.25) is 4.79 Å². The second-order valence-corrected chi connectivity index (χ2v) is 5.63. The number of hydrogen-bond acceptors (Lipinski definition) is 2. The molecule has 0 radical (unpaired) electrons. The summed E-state index contributed by atoms with van der Waals surface area (Å²) in [5.74, 6) is 0.0636. The topological polar surface area (TPSA) is 20.3 Å². The summed E-state index contributed by atoms with van der Waals surface area (Å²) in [6, 6.07) is 5.85. The van der Waals surface area contributed by atoms with Crippen LogP contribution in [-0.2, 0) is 0 Å². The minimum absolute atomic E-state index is 0.0636. The highest BCUT2D eigenvalue weighted by Crippen LogP contribution is 2.27. The highest BCUT2D eigenvalue weighted by molar-refractivity contribution is 6.43. The monoisotopic (exact) mass is 285 g/mol. The van der Waals surface area contributed by atoms with Crippen molar-refractivity contribution in [2.75, 3.05) is 13.6 Å². The van der Waals surface area contributed by atoms with Gasteiger partial charge in [-0.2, -0.15) is 0 Å². The van der Waals surface area contributed by atoms with Crippen LogP contribution in [0.1, 0.15) is 36.0 Å². The molecule has 0 saturated heterocycles. The van der Waals surface area contributed by atoms with E-state index in [0.29, 0.717) is 28.1 Å². The van der Waals surface area contributed by atoms with E-state index in [0.717, 1.165) is 6.54 Å². The Kier molecular flexibility index (Phi) is 4.66. The Morgan fingerprint density at radius 3 is 2.72 bits per heavy atom. The van der Waals surface area contributed by atoms with Gasteiger partial charge in [-0.25, -0.2) is 0 Å². The van der Waals surface area contributed by atoms with E-state index in [1.54, 1.807) is 18.2 Å². The Morgan fingerprint density at radius 1 is 1.39 bits per heavy atom. The van der Waals surface area contributed by atoms with Crippen LogP contribution in [0.5, 0.6) is 0 Å². The molecule has 1 aromatic rings. The lowest BCUT2D eigenvalue weighted by molar-refractivity contribution is 0.0939. The van der Waals surface area contributed by atoms with E-state index in [-0.39, 0.29) is 5.78 Å². The molecule has 4 heteroatoms. The summed E-state index contributed by atoms with van der Waals surface area (Å²) >= 11 is 11.9. The molecular formula is C14H17Cl2NO. The van der Waals surface area contributed by atoms with E-state index in [9.17, 15) is 4.79 Å². The number of rotatable bonds is 5. The van der Waals surface area contributed by atoms with Crippen molar-refractivity contribution in [2.45, 2.75) is 31.7 Å². The van der Waals surface area contributed by atoms with Gasteiger partial charge < -0.3 is 4.90 Å². The zero-order valence-electron chi connectivity index (χ0n) is 10.5. The lowest BCUT2D eigenvalue weighted by Gasteiger charge is -2.34. The summed E-state index contributed by atoms with van der Waals surface area (Å²) in [6.07, 6.45) is 4.31. The first-order valence-corrected chi connectivity index (χ1v) is 7.02. The zero-order valence-corrected chi connectivity index (χ0v) is 12.0. The van der Waals surface area contributed by atoms with Gasteiger partial charge in [0, 0.05) is 24.6 Å². The minimum atomic E-state index is 0.0636. The molecule has 18 heavy (non-hydrogen) atoms. The van der Waals surface area contributed by atoms with Crippen molar-refractivity contribution in [1.82, 2.24) is 4.90 Å². The molecule has 0 bridgehead atoms. The Morgan fingerprint density at radius 2 is 2.11 bits per heavy atom. The van der Waals surface area contributed by atoms with Gasteiger partial charge in [0.15, 0.2) is 5.78 Å². The van der Waals surface area contributed by atoms with Crippen molar-refractivity contribution in [2.24, 2.45) is 0 Å². The van der Waals surface area contributed by atoms with Gasteiger partial charge in [-0.15, -0.1) is 0 Å². The van der Waals surface area contributed by atoms with E-state index < -0.39 is 0 Å². The van der Waals surface area contributed by atoms with Gasteiger partial charge in [0.2, 0.25) is 0 Å². The van der Waals surface area contributed by atoms with Crippen LogP contribution in [0, 0.1) is 0 Å². The first kappa shape index (κ1) is 13.9. The maximum Gasteiger partial charge on any atom is 0.165 e. The van der Waals surface area contributed by atoms with E-state index in [1.165, 1.54) is 19.3 Å². The number of Topliss-reactive ketones (excluding diaryl/α,β-unsaturated/α-hetero) is 1. The third kappa shape index (κ3) is 3.05. The molecule has 0 heterocycles. The van der Waals surface area contributed by atoms with Gasteiger partial charge in [0.1, 0.15) is 0 Å². The smallest absolute Gasteiger partial charge is 0.165 e. The van der Waals surface area contributed by atoms with Crippen LogP contribution < -0.4 is 0 Å². The van der Waals surface area contributed by atoms with Gasteiger partial charge in [0.05, 0.1) is 10.0 Å². The van der Waals surface area contributed by atoms with Gasteiger partial charge in [0.25, 0.3) is 0 Å². The molecular weight excluding hydrogens is 269 g/mol. The Bertz CT molecular complexity index is 443. The molecule has 1 fully saturated rings. The molecule has 0 atom stereocenters. The highest BCUT2D eigenvalue weighted by Gasteiger charge is 2.22. The summed E-state index contributed by atoms with van der Waals surface area (Å²) in [5.41, 5.74) is 0.533. The Balaban J connectivity index is 1.93. The average molecular weight is 286 g/mol. The number of hydrogen-bond donors (Lipinski definition) is 0. The van der Waals surface area contributed by atoms with Crippen LogP contribution in [0.3, 0.4) is 0 Å². The van der Waals surface area contributed by atoms with Gasteiger partial charge in [-0.1, -0.05) is 35.7 Å². The van der Waals surface area contributed by atoms with Crippen molar-refractivity contribution >= 4 is 29.0 Å². The van der Waals surface area contributed by atoms with Crippen LogP contribution in [0.15, 0.2) is 18.2 Å². The standard InChI is InChI=1S/C14H17Cl2NO/c1-17(10-4-2-5-10)9-8-13(18)11-6-3-7-12(15)14(11)16/h3,6-7,10H,2,4-5,8-9H2,1H3. The fraction of sp³-hybridized carbons (Fsp3) is 0.500. The first-order chi connectivity index (χ1) is 8.59. The first-order valence-electron chi connectivity index (χ1n) is 6.27. The van der Waals surface area contributed by atoms with Crippen LogP contribution in [-0.4, -0.2) is 30.3 Å². The fourth-order valence-electron chi connectivity index (χ4n) is 2.14. The minimum Gasteiger partial charge on any atom is -0.303 e. The molecule has 0 spiro atoms. The van der Waals surface area contributed by atoms with Crippen LogP contribution in [0.25, 0.3) is 0 Å². The summed E-state index contributed by atoms with van der Waals surface area (Å²) in [4.78, 5) is 14.3. The number of ketones is 1. The third-order valence-electron chi connectivity index (χ3n) is 3.64. The molecule has 0 aromatic heterocycles. The molecule has 2 rings (SSSR count). The summed E-state index contributed by atoms with van der Waals surface area (Å²) in [5, 5.41) is 0.810. The molecule has 0 aliphatic heterocycles. The SMILES string of the molecule is CN(CCC(=O)c1cccc(Cl)c1Cl)C1CCC1. The molecule has 0 N–H and O–H groups in total. The fourth-order valence-corrected chi connectivity index (χ4v) is 2.55. The third-order valence-corrected chi connectivity index (χ3v) is 4.46. The second-order valence-electron chi connectivity index (χ2n) is 4.84. The van der Waals surface area contributed by atoms with E-state index in [2.05, 4.69) is 11.9 Å². The van der Waals surface area contributed by atoms with Crippen molar-refractivity contribution in [3.8, 4) is 0 Å². The van der Waals surface area contributed by atoms with Gasteiger partial charge in [-0.05, 0) is 32.0 Å². The van der Waals surface area contributed by atoms with Crippen molar-refractivity contribution < 1.29 is 4.79 Å². The van der Waals surface area contributed by atoms with E-state index >= 15 is 0 Å². The number of benzene rings is 1. The van der Waals surface area contributed by atoms with Crippen molar-refractivity contribution in [1.29, 1.82) is 0 Å². The number of nitrogens with zero attached hydrogens (tertiary/aromatic N) is 1. The quantitative estimate of drug-likeness (QED) is 0.761. The lowest BCUT2D eigenvalue weighted by atomic mass is 9.91. The predicted octanol–water partition coefficient (Wildman–Crippen LogP) is 4.05. The number of halogens is 2. The summed E-state index contributed by atoms with van der Waals surface area (Å²) in [6.45, 7) is 0.784. The highest BCUT2D eigenvalue weighted by atomic mass is 35.5. The van der Waals surface area contributed by atoms with E-state index in [1.807, 2.05) is 0 Å². The Hall–Kier alpha value is -0.570. The van der Waals surface area contributed by atoms with Crippen molar-refractivity contribution in [3.05, 3.63) is 33.8 Å². The molecule has 1 aliphatic carbocycles. The van der Waals surface area contributed by atoms with Crippen LogP contribution in [0.2, 0.25) is 10.0 Å². The molecule has 1 aromatic carbocycles. The van der Waals surface area contributed by atoms with Crippen molar-refractivity contribution in [3.63, 3.8) is 0 Å². The maximum atomic E-state index is 12.1. The molecule has 0 amide bonds. The van der Waals surface area contributed by atoms with Crippen LogP contribution >= 0.6 is 23.2 Å². The molecule has 1 saturated carbocycles. The average Bonchev–Trinajstić information content (AvgIpc) is 2.27. The number of carbonyl (C=O) groups is 1. The predicted molar refractivity (Wildman–Crippen MR) is 75.7 cm³/mol. The molecule has 0 unspecified atom stereocenters. The zero-order chi connectivity index (χ0) is 13.1. The number of carbonyl (C=O) groups excluding carboxylic acids is 1. The maximum absolute atomic E-state index is 12.1. The second kappa shape index (κ2) is 6.05. The van der Waals surface area contributed by atoms with E-state index in [4.69, 9.17) is 23.2 Å². The normalized spacial score (nSPS) is 15.8. The van der Waals surface area contributed by atoms with Crippen LogP contribution in [0.4, 0.5) is 0 Å². The largest absolute Gasteiger partial charge is 0.303 e. The lowest BCUT2D eigenvalue weighted by Crippen LogP contribution is -2.38.